The molecule has 0 aromatic heterocycles. The molecule has 1 rings (SSSR count). The lowest BCUT2D eigenvalue weighted by atomic mass is 10.2. The smallest absolute Gasteiger partial charge is 0.316 e. The van der Waals surface area contributed by atoms with Crippen LogP contribution in [0.25, 0.3) is 0 Å². The predicted molar refractivity (Wildman–Crippen MR) is 82.3 cm³/mol. The number of rotatable bonds is 7. The van der Waals surface area contributed by atoms with E-state index in [0.717, 1.165) is 6.92 Å². The summed E-state index contributed by atoms with van der Waals surface area (Å²) in [5, 5.41) is 8.95. The fraction of sp³-hybridized carbons (Fsp3) is 0.462. The van der Waals surface area contributed by atoms with Crippen molar-refractivity contribution in [3.63, 3.8) is 0 Å². The Labute approximate surface area is 129 Å². The van der Waals surface area contributed by atoms with E-state index in [0.29, 0.717) is 0 Å². The number of hydrogen-bond donors (Lipinski definition) is 3. The van der Waals surface area contributed by atoms with Crippen molar-refractivity contribution in [1.82, 2.24) is 4.72 Å². The minimum Gasteiger partial charge on any atom is -0.481 e. The maximum atomic E-state index is 12.5. The van der Waals surface area contributed by atoms with Crippen LogP contribution in [0.1, 0.15) is 20.8 Å². The summed E-state index contributed by atoms with van der Waals surface area (Å²) in [6.45, 7) is 4.19. The molecule has 0 saturated carbocycles. The number of carbonyl (C=O) groups is 1. The van der Waals surface area contributed by atoms with Gasteiger partial charge in [-0.1, -0.05) is 32.0 Å². The van der Waals surface area contributed by atoms with Crippen LogP contribution in [0.3, 0.4) is 0 Å². The maximum Gasteiger partial charge on any atom is 0.316 e. The largest absolute Gasteiger partial charge is 0.481 e. The molecular formula is C13H20NO6PS. The Morgan fingerprint density at radius 2 is 1.68 bits per heavy atom. The van der Waals surface area contributed by atoms with Crippen molar-refractivity contribution in [2.75, 3.05) is 0 Å². The summed E-state index contributed by atoms with van der Waals surface area (Å²) in [4.78, 5) is 21.1. The number of hydrogen-bond acceptors (Lipinski definition) is 4. The average molecular weight is 349 g/mol. The van der Waals surface area contributed by atoms with Crippen molar-refractivity contribution in [2.45, 2.75) is 37.1 Å². The van der Waals surface area contributed by atoms with Crippen LogP contribution < -0.4 is 4.72 Å². The number of benzene rings is 1. The molecular weight excluding hydrogens is 329 g/mol. The van der Waals surface area contributed by atoms with Gasteiger partial charge in [-0.2, -0.15) is 4.72 Å². The number of sulfonamides is 1. The van der Waals surface area contributed by atoms with E-state index in [1.54, 1.807) is 19.9 Å². The first-order chi connectivity index (χ1) is 10.00. The lowest BCUT2D eigenvalue weighted by Crippen LogP contribution is -2.41. The van der Waals surface area contributed by atoms with E-state index in [1.807, 2.05) is 0 Å². The molecule has 0 fully saturated rings. The molecule has 0 aliphatic heterocycles. The highest BCUT2D eigenvalue weighted by Crippen LogP contribution is 2.53. The Balaban J connectivity index is 3.19. The Hall–Kier alpha value is -1.21. The number of nitrogens with one attached hydrogen (secondary N) is 1. The highest BCUT2D eigenvalue weighted by molar-refractivity contribution is 7.90. The second kappa shape index (κ2) is 6.91. The van der Waals surface area contributed by atoms with Crippen molar-refractivity contribution in [3.05, 3.63) is 30.3 Å². The van der Waals surface area contributed by atoms with Gasteiger partial charge in [0.2, 0.25) is 17.4 Å². The molecule has 0 bridgehead atoms. The van der Waals surface area contributed by atoms with E-state index in [9.17, 15) is 22.7 Å². The Morgan fingerprint density at radius 3 is 2.09 bits per heavy atom. The number of carboxylic acid groups (broad SMARTS) is 1. The molecule has 0 amide bonds. The highest BCUT2D eigenvalue weighted by atomic mass is 32.2. The van der Waals surface area contributed by atoms with E-state index >= 15 is 0 Å². The molecule has 0 radical (unpaired) electrons. The minimum absolute atomic E-state index is 0.0522. The van der Waals surface area contributed by atoms with Crippen LogP contribution >= 0.6 is 7.37 Å². The van der Waals surface area contributed by atoms with Gasteiger partial charge < -0.3 is 10.00 Å². The lowest BCUT2D eigenvalue weighted by molar-refractivity contribution is -0.136. The average Bonchev–Trinajstić information content (AvgIpc) is 2.44. The van der Waals surface area contributed by atoms with Crippen LogP contribution in [0.15, 0.2) is 35.2 Å². The first kappa shape index (κ1) is 18.8. The van der Waals surface area contributed by atoms with Crippen LogP contribution in [0.5, 0.6) is 0 Å². The van der Waals surface area contributed by atoms with Gasteiger partial charge in [0.25, 0.3) is 0 Å². The Morgan fingerprint density at radius 1 is 1.18 bits per heavy atom. The van der Waals surface area contributed by atoms with Crippen molar-refractivity contribution in [1.29, 1.82) is 0 Å². The van der Waals surface area contributed by atoms with Gasteiger partial charge in [-0.15, -0.1) is 0 Å². The van der Waals surface area contributed by atoms with Gasteiger partial charge in [0, 0.05) is 0 Å². The third-order valence-electron chi connectivity index (χ3n) is 3.27. The van der Waals surface area contributed by atoms with E-state index in [1.165, 1.54) is 24.3 Å². The van der Waals surface area contributed by atoms with Crippen molar-refractivity contribution < 1.29 is 27.8 Å². The molecule has 1 aromatic carbocycles. The van der Waals surface area contributed by atoms with Gasteiger partial charge in [0.1, 0.15) is 11.4 Å². The van der Waals surface area contributed by atoms with Gasteiger partial charge in [-0.25, -0.2) is 8.42 Å². The fourth-order valence-electron chi connectivity index (χ4n) is 1.86. The predicted octanol–water partition coefficient (Wildman–Crippen LogP) is 1.69. The zero-order valence-corrected chi connectivity index (χ0v) is 14.2. The third kappa shape index (κ3) is 4.16. The SMILES string of the molecule is CC(C)C(NS(=O)(=O)c1ccccc1)P(=O)(O)C(C)C(=O)O. The first-order valence-corrected chi connectivity index (χ1v) is 9.90. The van der Waals surface area contributed by atoms with E-state index in [-0.39, 0.29) is 4.90 Å². The molecule has 124 valence electrons. The molecule has 0 aliphatic carbocycles. The van der Waals surface area contributed by atoms with Crippen LogP contribution in [0.4, 0.5) is 0 Å². The van der Waals surface area contributed by atoms with Crippen molar-refractivity contribution in [2.24, 2.45) is 5.92 Å². The summed E-state index contributed by atoms with van der Waals surface area (Å²) in [6, 6.07) is 7.39. The highest BCUT2D eigenvalue weighted by Gasteiger charge is 2.44. The second-order valence-corrected chi connectivity index (χ2v) is 9.70. The normalized spacial score (nSPS) is 17.7. The summed E-state index contributed by atoms with van der Waals surface area (Å²) in [5.74, 6) is -3.39. The Kier molecular flexibility index (Phi) is 5.92. The first-order valence-electron chi connectivity index (χ1n) is 6.62. The van der Waals surface area contributed by atoms with E-state index < -0.39 is 40.7 Å². The van der Waals surface area contributed by atoms with E-state index in [2.05, 4.69) is 4.72 Å². The van der Waals surface area contributed by atoms with E-state index in [4.69, 9.17) is 5.11 Å². The van der Waals surface area contributed by atoms with Crippen LogP contribution in [-0.2, 0) is 19.4 Å². The molecule has 9 heteroatoms. The third-order valence-corrected chi connectivity index (χ3v) is 7.76. The molecule has 7 nitrogen and oxygen atoms in total. The molecule has 0 aliphatic rings. The molecule has 3 unspecified atom stereocenters. The maximum absolute atomic E-state index is 12.5. The summed E-state index contributed by atoms with van der Waals surface area (Å²) < 4.78 is 39.2. The summed E-state index contributed by atoms with van der Waals surface area (Å²) in [5.41, 5.74) is -1.57. The number of carboxylic acids is 1. The molecule has 3 N–H and O–H groups in total. The van der Waals surface area contributed by atoms with Crippen molar-refractivity contribution in [3.8, 4) is 0 Å². The molecule has 1 aromatic rings. The fourth-order valence-corrected chi connectivity index (χ4v) is 5.78. The summed E-state index contributed by atoms with van der Waals surface area (Å²) in [6.07, 6.45) is 0. The zero-order chi connectivity index (χ0) is 17.1. The Bertz CT molecular complexity index is 673. The van der Waals surface area contributed by atoms with Gasteiger partial charge in [0.15, 0.2) is 0 Å². The minimum atomic E-state index is -4.31. The van der Waals surface area contributed by atoms with Gasteiger partial charge in [0.05, 0.1) is 4.90 Å². The molecule has 0 spiro atoms. The molecule has 0 heterocycles. The van der Waals surface area contributed by atoms with Gasteiger partial charge >= 0.3 is 5.97 Å². The summed E-state index contributed by atoms with van der Waals surface area (Å²) in [7, 11) is -8.33. The monoisotopic (exact) mass is 349 g/mol. The van der Waals surface area contributed by atoms with Crippen LogP contribution in [0.2, 0.25) is 0 Å². The standard InChI is InChI=1S/C13H20NO6PS/c1-9(2)12(21(17,18)10(3)13(15)16)14-22(19,20)11-7-5-4-6-8-11/h4-10,12,14H,1-3H3,(H,15,16)(H,17,18). The van der Waals surface area contributed by atoms with Gasteiger partial charge in [-0.05, 0) is 25.0 Å². The quantitative estimate of drug-likeness (QED) is 0.644. The molecule has 0 saturated heterocycles. The summed E-state index contributed by atoms with van der Waals surface area (Å²) >= 11 is 0. The number of aliphatic carboxylic acids is 1. The topological polar surface area (TPSA) is 121 Å². The molecule has 3 atom stereocenters. The van der Waals surface area contributed by atoms with Crippen LogP contribution in [-0.4, -0.2) is 35.8 Å². The van der Waals surface area contributed by atoms with Crippen LogP contribution in [0, 0.1) is 5.92 Å². The van der Waals surface area contributed by atoms with Gasteiger partial charge in [-0.3, -0.25) is 9.36 Å². The zero-order valence-electron chi connectivity index (χ0n) is 12.5. The van der Waals surface area contributed by atoms with Crippen molar-refractivity contribution >= 4 is 23.4 Å². The second-order valence-electron chi connectivity index (χ2n) is 5.31. The molecule has 22 heavy (non-hydrogen) atoms. The lowest BCUT2D eigenvalue weighted by Gasteiger charge is -2.29.